The van der Waals surface area contributed by atoms with E-state index in [-0.39, 0.29) is 12.5 Å². The molecule has 0 aliphatic carbocycles. The highest BCUT2D eigenvalue weighted by Crippen LogP contribution is 2.40. The van der Waals surface area contributed by atoms with Crippen molar-refractivity contribution in [1.29, 1.82) is 0 Å². The molecule has 1 amide bonds. The van der Waals surface area contributed by atoms with Gasteiger partial charge in [-0.15, -0.1) is 0 Å². The van der Waals surface area contributed by atoms with Gasteiger partial charge < -0.3 is 29.6 Å². The fraction of sp³-hybridized carbons (Fsp3) is 0.207. The second kappa shape index (κ2) is 11.6. The van der Waals surface area contributed by atoms with Crippen LogP contribution < -0.4 is 29.6 Å². The SMILES string of the molecule is COc1ccc(NC(=O)C2=C(C)Nc3ncnn3[C@H]2c2ccc(OCc3ccccc3Cl)c(OC)c2)c(OC)c1. The number of anilines is 2. The van der Waals surface area contributed by atoms with Crippen LogP contribution in [0.5, 0.6) is 23.0 Å². The number of benzene rings is 3. The molecule has 0 saturated heterocycles. The molecule has 206 valence electrons. The summed E-state index contributed by atoms with van der Waals surface area (Å²) in [6.07, 6.45) is 1.44. The molecular formula is C29H28ClN5O5. The summed E-state index contributed by atoms with van der Waals surface area (Å²) in [6, 6.07) is 17.6. The fourth-order valence-corrected chi connectivity index (χ4v) is 4.72. The minimum Gasteiger partial charge on any atom is -0.497 e. The predicted octanol–water partition coefficient (Wildman–Crippen LogP) is 5.46. The number of nitrogens with zero attached hydrogens (tertiary/aromatic N) is 3. The summed E-state index contributed by atoms with van der Waals surface area (Å²) in [7, 11) is 4.66. The van der Waals surface area contributed by atoms with E-state index in [1.165, 1.54) is 13.4 Å². The largest absolute Gasteiger partial charge is 0.497 e. The maximum absolute atomic E-state index is 13.8. The van der Waals surface area contributed by atoms with E-state index in [1.54, 1.807) is 43.2 Å². The molecule has 0 radical (unpaired) electrons. The third kappa shape index (κ3) is 5.26. The number of hydrogen-bond donors (Lipinski definition) is 2. The molecule has 1 aromatic heterocycles. The highest BCUT2D eigenvalue weighted by atomic mass is 35.5. The number of amides is 1. The standard InChI is InChI=1S/C29H28ClN5O5/c1-17-26(28(36)34-22-11-10-20(37-2)14-24(22)38-3)27(35-29(33-17)31-16-32-35)18-9-12-23(25(13-18)39-4)40-15-19-7-5-6-8-21(19)30/h5-14,16,27H,15H2,1-4H3,(H,34,36)(H,31,32,33)/t27-/m0/s1. The second-order valence-electron chi connectivity index (χ2n) is 8.91. The van der Waals surface area contributed by atoms with Gasteiger partial charge in [-0.2, -0.15) is 10.1 Å². The first-order valence-corrected chi connectivity index (χ1v) is 12.8. The van der Waals surface area contributed by atoms with E-state index >= 15 is 0 Å². The molecule has 1 aliphatic rings. The van der Waals surface area contributed by atoms with Gasteiger partial charge in [0.2, 0.25) is 5.95 Å². The van der Waals surface area contributed by atoms with Crippen LogP contribution in [0.1, 0.15) is 24.1 Å². The van der Waals surface area contributed by atoms with Crippen molar-refractivity contribution in [2.24, 2.45) is 0 Å². The lowest BCUT2D eigenvalue weighted by Gasteiger charge is -2.29. The number of hydrogen-bond acceptors (Lipinski definition) is 8. The lowest BCUT2D eigenvalue weighted by atomic mass is 9.94. The number of fused-ring (bicyclic) bond motifs is 1. The van der Waals surface area contributed by atoms with Crippen molar-refractivity contribution in [2.45, 2.75) is 19.6 Å². The van der Waals surface area contributed by atoms with E-state index in [1.807, 2.05) is 43.3 Å². The zero-order valence-corrected chi connectivity index (χ0v) is 23.2. The Balaban J connectivity index is 1.48. The molecule has 0 spiro atoms. The molecule has 1 atom stereocenters. The molecule has 0 bridgehead atoms. The number of carbonyl (C=O) groups is 1. The van der Waals surface area contributed by atoms with Gasteiger partial charge in [-0.25, -0.2) is 4.68 Å². The Bertz CT molecular complexity index is 1580. The smallest absolute Gasteiger partial charge is 0.255 e. The number of methoxy groups -OCH3 is 3. The maximum Gasteiger partial charge on any atom is 0.255 e. The first-order valence-electron chi connectivity index (χ1n) is 12.4. The average molecular weight is 562 g/mol. The van der Waals surface area contributed by atoms with Gasteiger partial charge in [0.15, 0.2) is 11.5 Å². The number of allylic oxidation sites excluding steroid dienone is 1. The summed E-state index contributed by atoms with van der Waals surface area (Å²) in [5.74, 6) is 2.29. The summed E-state index contributed by atoms with van der Waals surface area (Å²) in [5.41, 5.74) is 3.18. The third-order valence-corrected chi connectivity index (χ3v) is 6.91. The van der Waals surface area contributed by atoms with Gasteiger partial charge in [-0.05, 0) is 42.8 Å². The molecule has 2 heterocycles. The molecule has 10 nitrogen and oxygen atoms in total. The quantitative estimate of drug-likeness (QED) is 0.277. The van der Waals surface area contributed by atoms with Crippen LogP contribution in [0.25, 0.3) is 0 Å². The Kier molecular flexibility index (Phi) is 7.79. The molecule has 0 fully saturated rings. The van der Waals surface area contributed by atoms with Crippen LogP contribution >= 0.6 is 11.6 Å². The van der Waals surface area contributed by atoms with Crippen LogP contribution in [0, 0.1) is 0 Å². The molecule has 0 saturated carbocycles. The van der Waals surface area contributed by atoms with Crippen molar-refractivity contribution in [3.05, 3.63) is 94.4 Å². The Hall–Kier alpha value is -4.70. The van der Waals surface area contributed by atoms with Crippen LogP contribution in [0.4, 0.5) is 11.6 Å². The van der Waals surface area contributed by atoms with Crippen molar-refractivity contribution in [3.8, 4) is 23.0 Å². The third-order valence-electron chi connectivity index (χ3n) is 6.54. The van der Waals surface area contributed by atoms with Crippen molar-refractivity contribution in [3.63, 3.8) is 0 Å². The number of halogens is 1. The molecule has 4 aromatic rings. The Morgan fingerprint density at radius 2 is 1.80 bits per heavy atom. The van der Waals surface area contributed by atoms with Gasteiger partial charge >= 0.3 is 0 Å². The lowest BCUT2D eigenvalue weighted by molar-refractivity contribution is -0.113. The Morgan fingerprint density at radius 3 is 2.55 bits per heavy atom. The summed E-state index contributed by atoms with van der Waals surface area (Å²) in [5, 5.41) is 11.2. The first kappa shape index (κ1) is 26.9. The van der Waals surface area contributed by atoms with Crippen molar-refractivity contribution in [2.75, 3.05) is 32.0 Å². The number of carbonyl (C=O) groups excluding carboxylic acids is 1. The highest BCUT2D eigenvalue weighted by Gasteiger charge is 2.34. The molecule has 3 aromatic carbocycles. The molecule has 11 heteroatoms. The minimum atomic E-state index is -0.602. The average Bonchev–Trinajstić information content (AvgIpc) is 3.44. The summed E-state index contributed by atoms with van der Waals surface area (Å²) >= 11 is 6.29. The molecule has 40 heavy (non-hydrogen) atoms. The van der Waals surface area contributed by atoms with Gasteiger partial charge in [-0.3, -0.25) is 4.79 Å². The number of ether oxygens (including phenoxy) is 4. The first-order chi connectivity index (χ1) is 19.4. The normalized spacial score (nSPS) is 14.2. The number of rotatable bonds is 9. The van der Waals surface area contributed by atoms with E-state index in [0.717, 1.165) is 11.1 Å². The molecule has 2 N–H and O–H groups in total. The lowest BCUT2D eigenvalue weighted by Crippen LogP contribution is -2.31. The molecule has 1 aliphatic heterocycles. The van der Waals surface area contributed by atoms with E-state index in [0.29, 0.717) is 50.9 Å². The van der Waals surface area contributed by atoms with Gasteiger partial charge in [0.1, 0.15) is 30.5 Å². The van der Waals surface area contributed by atoms with Crippen LogP contribution in [0.15, 0.2) is 78.3 Å². The van der Waals surface area contributed by atoms with Crippen LogP contribution in [-0.2, 0) is 11.4 Å². The van der Waals surface area contributed by atoms with E-state index in [9.17, 15) is 4.79 Å². The van der Waals surface area contributed by atoms with Crippen molar-refractivity contribution >= 4 is 29.1 Å². The predicted molar refractivity (Wildman–Crippen MR) is 151 cm³/mol. The van der Waals surface area contributed by atoms with Gasteiger partial charge in [0.05, 0.1) is 32.6 Å². The van der Waals surface area contributed by atoms with E-state index in [2.05, 4.69) is 20.7 Å². The summed E-state index contributed by atoms with van der Waals surface area (Å²) in [4.78, 5) is 18.1. The van der Waals surface area contributed by atoms with Crippen molar-refractivity contribution in [1.82, 2.24) is 14.8 Å². The zero-order chi connectivity index (χ0) is 28.2. The topological polar surface area (TPSA) is 109 Å². The second-order valence-corrected chi connectivity index (χ2v) is 9.31. The minimum absolute atomic E-state index is 0.270. The number of nitrogens with one attached hydrogen (secondary N) is 2. The van der Waals surface area contributed by atoms with Crippen LogP contribution in [-0.4, -0.2) is 42.0 Å². The fourth-order valence-electron chi connectivity index (χ4n) is 4.53. The number of aromatic nitrogens is 3. The van der Waals surface area contributed by atoms with Gasteiger partial charge in [0.25, 0.3) is 5.91 Å². The highest BCUT2D eigenvalue weighted by molar-refractivity contribution is 6.31. The summed E-state index contributed by atoms with van der Waals surface area (Å²) < 4.78 is 24.1. The monoisotopic (exact) mass is 561 g/mol. The van der Waals surface area contributed by atoms with E-state index < -0.39 is 6.04 Å². The van der Waals surface area contributed by atoms with E-state index in [4.69, 9.17) is 30.5 Å². The Labute approximate surface area is 236 Å². The molecular weight excluding hydrogens is 534 g/mol. The molecule has 5 rings (SSSR count). The van der Waals surface area contributed by atoms with Crippen LogP contribution in [0.2, 0.25) is 5.02 Å². The maximum atomic E-state index is 13.8. The van der Waals surface area contributed by atoms with Gasteiger partial charge in [-0.1, -0.05) is 35.9 Å². The molecule has 0 unspecified atom stereocenters. The Morgan fingerprint density at radius 1 is 1.00 bits per heavy atom. The van der Waals surface area contributed by atoms with Crippen LogP contribution in [0.3, 0.4) is 0 Å². The van der Waals surface area contributed by atoms with Gasteiger partial charge in [0, 0.05) is 22.3 Å². The van der Waals surface area contributed by atoms with Crippen molar-refractivity contribution < 1.29 is 23.7 Å². The summed E-state index contributed by atoms with van der Waals surface area (Å²) in [6.45, 7) is 2.09. The zero-order valence-electron chi connectivity index (χ0n) is 22.4.